The minimum absolute atomic E-state index is 0.138. The van der Waals surface area contributed by atoms with Crippen LogP contribution in [0.1, 0.15) is 11.1 Å². The second-order valence-corrected chi connectivity index (χ2v) is 6.70. The number of ether oxygens (including phenoxy) is 1. The van der Waals surface area contributed by atoms with E-state index in [4.69, 9.17) is 21.0 Å². The zero-order valence-corrected chi connectivity index (χ0v) is 16.6. The van der Waals surface area contributed by atoms with Crippen LogP contribution in [0.15, 0.2) is 72.8 Å². The number of nitrogens with two attached hydrogens (primary N) is 1. The van der Waals surface area contributed by atoms with E-state index in [9.17, 15) is 4.39 Å². The van der Waals surface area contributed by atoms with E-state index in [1.54, 1.807) is 60.7 Å². The molecule has 0 aliphatic rings. The van der Waals surface area contributed by atoms with E-state index in [2.05, 4.69) is 15.3 Å². The van der Waals surface area contributed by atoms with Crippen LogP contribution in [-0.4, -0.2) is 9.97 Å². The van der Waals surface area contributed by atoms with Crippen LogP contribution in [0.3, 0.4) is 0 Å². The summed E-state index contributed by atoms with van der Waals surface area (Å²) in [4.78, 5) is 8.37. The van der Waals surface area contributed by atoms with Gasteiger partial charge in [0, 0.05) is 23.4 Å². The van der Waals surface area contributed by atoms with Crippen LogP contribution in [0, 0.1) is 28.5 Å². The van der Waals surface area contributed by atoms with Crippen LogP contribution in [-0.2, 0) is 0 Å². The minimum Gasteiger partial charge on any atom is -0.439 e. The van der Waals surface area contributed by atoms with Gasteiger partial charge in [0.25, 0.3) is 0 Å². The van der Waals surface area contributed by atoms with Crippen molar-refractivity contribution in [3.05, 3.63) is 89.7 Å². The second-order valence-electron chi connectivity index (χ2n) is 6.70. The molecule has 0 bridgehead atoms. The highest BCUT2D eigenvalue weighted by molar-refractivity contribution is 5.66. The van der Waals surface area contributed by atoms with E-state index in [1.165, 1.54) is 12.1 Å². The van der Waals surface area contributed by atoms with Gasteiger partial charge < -0.3 is 15.8 Å². The number of hydrogen-bond acceptors (Lipinski definition) is 7. The number of nitriles is 2. The van der Waals surface area contributed by atoms with Crippen LogP contribution in [0.4, 0.5) is 21.8 Å². The Balaban J connectivity index is 1.54. The first-order valence-electron chi connectivity index (χ1n) is 9.44. The van der Waals surface area contributed by atoms with Crippen molar-refractivity contribution in [1.29, 1.82) is 10.5 Å². The van der Waals surface area contributed by atoms with Gasteiger partial charge in [0.1, 0.15) is 17.4 Å². The molecule has 0 fully saturated rings. The predicted molar refractivity (Wildman–Crippen MR) is 118 cm³/mol. The molecular formula is C24H15FN6O. The molecule has 0 unspecified atom stereocenters. The van der Waals surface area contributed by atoms with Gasteiger partial charge in [-0.15, -0.1) is 0 Å². The first-order chi connectivity index (χ1) is 15.5. The van der Waals surface area contributed by atoms with Gasteiger partial charge in [0.05, 0.1) is 23.3 Å². The number of nitrogens with one attached hydrogen (secondary N) is 1. The van der Waals surface area contributed by atoms with Crippen LogP contribution >= 0.6 is 0 Å². The van der Waals surface area contributed by atoms with Gasteiger partial charge in [-0.2, -0.15) is 20.5 Å². The molecule has 4 aromatic rings. The number of rotatable bonds is 5. The molecule has 0 saturated carbocycles. The van der Waals surface area contributed by atoms with Crippen LogP contribution in [0.5, 0.6) is 11.6 Å². The number of aromatic nitrogens is 2. The quantitative estimate of drug-likeness (QED) is 0.456. The fourth-order valence-corrected chi connectivity index (χ4v) is 2.95. The van der Waals surface area contributed by atoms with Crippen molar-refractivity contribution in [2.75, 3.05) is 11.1 Å². The molecule has 0 aliphatic carbocycles. The van der Waals surface area contributed by atoms with E-state index in [0.717, 1.165) is 0 Å². The normalized spacial score (nSPS) is 10.1. The van der Waals surface area contributed by atoms with Crippen molar-refractivity contribution >= 4 is 17.5 Å². The van der Waals surface area contributed by atoms with E-state index in [-0.39, 0.29) is 23.4 Å². The maximum Gasteiger partial charge on any atom is 0.232 e. The maximum atomic E-state index is 14.7. The first kappa shape index (κ1) is 20.3. The summed E-state index contributed by atoms with van der Waals surface area (Å²) in [6, 6.07) is 23.3. The largest absolute Gasteiger partial charge is 0.439 e. The molecule has 3 aromatic carbocycles. The third kappa shape index (κ3) is 4.61. The molecule has 7 nitrogen and oxygen atoms in total. The average Bonchev–Trinajstić information content (AvgIpc) is 2.79. The molecule has 0 spiro atoms. The van der Waals surface area contributed by atoms with Gasteiger partial charge in [-0.1, -0.05) is 12.1 Å². The lowest BCUT2D eigenvalue weighted by molar-refractivity contribution is 0.458. The topological polar surface area (TPSA) is 121 Å². The summed E-state index contributed by atoms with van der Waals surface area (Å²) in [5.74, 6) is 0.256. The standard InChI is InChI=1S/C24H15FN6O/c25-21-11-19(9-10-20(21)17-5-1-15(13-26)2-6-17)32-23-12-22(28)30-24(31-23)29-18-7-3-16(14-27)4-8-18/h1-12H,(H3,28,29,30,31). The first-order valence-corrected chi connectivity index (χ1v) is 9.44. The molecule has 1 aromatic heterocycles. The summed E-state index contributed by atoms with van der Waals surface area (Å²) >= 11 is 0. The number of anilines is 3. The van der Waals surface area contributed by atoms with Crippen molar-refractivity contribution < 1.29 is 9.13 Å². The number of nitrogen functional groups attached to an aromatic ring is 1. The van der Waals surface area contributed by atoms with Crippen LogP contribution < -0.4 is 15.8 Å². The molecule has 8 heteroatoms. The Bertz CT molecular complexity index is 1360. The molecule has 154 valence electrons. The fourth-order valence-electron chi connectivity index (χ4n) is 2.95. The van der Waals surface area contributed by atoms with Crippen molar-refractivity contribution in [2.45, 2.75) is 0 Å². The molecule has 0 aliphatic heterocycles. The molecule has 0 saturated heterocycles. The molecule has 0 amide bonds. The highest BCUT2D eigenvalue weighted by atomic mass is 19.1. The van der Waals surface area contributed by atoms with Crippen LogP contribution in [0.25, 0.3) is 11.1 Å². The van der Waals surface area contributed by atoms with E-state index < -0.39 is 5.82 Å². The number of nitrogens with zero attached hydrogens (tertiary/aromatic N) is 4. The summed E-state index contributed by atoms with van der Waals surface area (Å²) < 4.78 is 20.4. The lowest BCUT2D eigenvalue weighted by atomic mass is 10.0. The lowest BCUT2D eigenvalue weighted by Gasteiger charge is -2.10. The summed E-state index contributed by atoms with van der Waals surface area (Å²) in [6.45, 7) is 0. The lowest BCUT2D eigenvalue weighted by Crippen LogP contribution is -2.02. The Morgan fingerprint density at radius 1 is 0.844 bits per heavy atom. The van der Waals surface area contributed by atoms with Crippen LogP contribution in [0.2, 0.25) is 0 Å². The number of hydrogen-bond donors (Lipinski definition) is 2. The molecule has 1 heterocycles. The van der Waals surface area contributed by atoms with E-state index >= 15 is 0 Å². The van der Waals surface area contributed by atoms with Gasteiger partial charge >= 0.3 is 0 Å². The second kappa shape index (κ2) is 8.82. The molecule has 3 N–H and O–H groups in total. The Morgan fingerprint density at radius 3 is 2.12 bits per heavy atom. The van der Waals surface area contributed by atoms with E-state index in [1.807, 2.05) is 12.1 Å². The third-order valence-corrected chi connectivity index (χ3v) is 4.48. The minimum atomic E-state index is -0.481. The molecular weight excluding hydrogens is 407 g/mol. The van der Waals surface area contributed by atoms with Gasteiger partial charge in [-0.05, 0) is 54.1 Å². The SMILES string of the molecule is N#Cc1ccc(Nc2nc(N)cc(Oc3ccc(-c4ccc(C#N)cc4)c(F)c3)n2)cc1. The fraction of sp³-hybridized carbons (Fsp3) is 0. The van der Waals surface area contributed by atoms with Crippen molar-refractivity contribution in [3.63, 3.8) is 0 Å². The Morgan fingerprint density at radius 2 is 1.50 bits per heavy atom. The maximum absolute atomic E-state index is 14.7. The number of halogens is 1. The zero-order chi connectivity index (χ0) is 22.5. The van der Waals surface area contributed by atoms with Gasteiger partial charge in [-0.3, -0.25) is 0 Å². The predicted octanol–water partition coefficient (Wildman–Crippen LogP) is 5.14. The Hall–Kier alpha value is -4.95. The van der Waals surface area contributed by atoms with Gasteiger partial charge in [-0.25, -0.2) is 4.39 Å². The molecule has 0 atom stereocenters. The third-order valence-electron chi connectivity index (χ3n) is 4.48. The average molecular weight is 422 g/mol. The van der Waals surface area contributed by atoms with E-state index in [0.29, 0.717) is 27.9 Å². The molecule has 0 radical (unpaired) electrons. The Kier molecular flexibility index (Phi) is 5.60. The summed E-state index contributed by atoms with van der Waals surface area (Å²) in [7, 11) is 0. The van der Waals surface area contributed by atoms with Crippen molar-refractivity contribution in [3.8, 4) is 34.9 Å². The molecule has 4 rings (SSSR count). The molecule has 32 heavy (non-hydrogen) atoms. The monoisotopic (exact) mass is 422 g/mol. The zero-order valence-electron chi connectivity index (χ0n) is 16.6. The Labute approximate surface area is 183 Å². The smallest absolute Gasteiger partial charge is 0.232 e. The van der Waals surface area contributed by atoms with Crippen molar-refractivity contribution in [2.24, 2.45) is 0 Å². The summed E-state index contributed by atoms with van der Waals surface area (Å²) in [5.41, 5.74) is 8.58. The van der Waals surface area contributed by atoms with Gasteiger partial charge in [0.2, 0.25) is 11.8 Å². The van der Waals surface area contributed by atoms with Gasteiger partial charge in [0.15, 0.2) is 0 Å². The number of benzene rings is 3. The summed E-state index contributed by atoms with van der Waals surface area (Å²) in [6.07, 6.45) is 0. The van der Waals surface area contributed by atoms with Crippen molar-refractivity contribution in [1.82, 2.24) is 9.97 Å². The highest BCUT2D eigenvalue weighted by Crippen LogP contribution is 2.29. The summed E-state index contributed by atoms with van der Waals surface area (Å²) in [5, 5.41) is 20.8. The highest BCUT2D eigenvalue weighted by Gasteiger charge is 2.10.